The van der Waals surface area contributed by atoms with Crippen LogP contribution in [0.25, 0.3) is 0 Å². The van der Waals surface area contributed by atoms with E-state index in [1.54, 1.807) is 30.0 Å². The summed E-state index contributed by atoms with van der Waals surface area (Å²) >= 11 is 1.63. The average Bonchev–Trinajstić information content (AvgIpc) is 2.47. The van der Waals surface area contributed by atoms with Crippen LogP contribution in [0.15, 0.2) is 53.4 Å². The molecule has 0 fully saturated rings. The molecule has 2 rings (SSSR count). The fourth-order valence-corrected chi connectivity index (χ4v) is 2.68. The molecular weight excluding hydrogens is 292 g/mol. The molecule has 2 aromatic rings. The minimum atomic E-state index is -2.82. The van der Waals surface area contributed by atoms with E-state index in [4.69, 9.17) is 0 Å². The summed E-state index contributed by atoms with van der Waals surface area (Å²) in [7, 11) is 0. The van der Waals surface area contributed by atoms with Gasteiger partial charge in [-0.3, -0.25) is 0 Å². The van der Waals surface area contributed by atoms with Gasteiger partial charge in [0.05, 0.1) is 6.04 Å². The highest BCUT2D eigenvalue weighted by Gasteiger charge is 2.15. The van der Waals surface area contributed by atoms with Crippen LogP contribution in [0, 0.1) is 0 Å². The SMILES string of the molecule is CSc1ccccc1NC(C)c1ccccc1OC(F)F. The molecule has 0 amide bonds. The minimum Gasteiger partial charge on any atom is -0.434 e. The van der Waals surface area contributed by atoms with Crippen LogP contribution in [0.1, 0.15) is 18.5 Å². The first-order valence-electron chi connectivity index (χ1n) is 6.55. The number of hydrogen-bond donors (Lipinski definition) is 1. The largest absolute Gasteiger partial charge is 0.434 e. The first kappa shape index (κ1) is 15.6. The Morgan fingerprint density at radius 3 is 2.43 bits per heavy atom. The van der Waals surface area contributed by atoms with Crippen LogP contribution in [-0.4, -0.2) is 12.9 Å². The molecule has 5 heteroatoms. The third-order valence-corrected chi connectivity index (χ3v) is 3.88. The maximum atomic E-state index is 12.5. The highest BCUT2D eigenvalue weighted by molar-refractivity contribution is 7.98. The Morgan fingerprint density at radius 2 is 1.71 bits per heavy atom. The molecule has 21 heavy (non-hydrogen) atoms. The predicted octanol–water partition coefficient (Wildman–Crippen LogP) is 5.18. The second kappa shape index (κ2) is 7.31. The van der Waals surface area contributed by atoms with Crippen molar-refractivity contribution in [1.82, 2.24) is 0 Å². The Balaban J connectivity index is 2.22. The van der Waals surface area contributed by atoms with Gasteiger partial charge in [-0.25, -0.2) is 0 Å². The van der Waals surface area contributed by atoms with Crippen molar-refractivity contribution in [3.05, 3.63) is 54.1 Å². The van der Waals surface area contributed by atoms with Crippen molar-refractivity contribution in [2.75, 3.05) is 11.6 Å². The zero-order valence-electron chi connectivity index (χ0n) is 11.8. The molecule has 1 N–H and O–H groups in total. The van der Waals surface area contributed by atoms with Crippen molar-refractivity contribution in [1.29, 1.82) is 0 Å². The standard InChI is InChI=1S/C16H17F2NOS/c1-11(19-13-8-4-6-10-15(13)21-2)12-7-3-5-9-14(12)20-16(17)18/h3-11,16,19H,1-2H3. The van der Waals surface area contributed by atoms with Crippen molar-refractivity contribution in [2.24, 2.45) is 0 Å². The first-order valence-corrected chi connectivity index (χ1v) is 7.77. The van der Waals surface area contributed by atoms with Gasteiger partial charge in [0.2, 0.25) is 0 Å². The van der Waals surface area contributed by atoms with Crippen LogP contribution in [0.4, 0.5) is 14.5 Å². The molecule has 0 aliphatic heterocycles. The van der Waals surface area contributed by atoms with E-state index in [0.717, 1.165) is 10.6 Å². The van der Waals surface area contributed by atoms with Crippen molar-refractivity contribution in [2.45, 2.75) is 24.5 Å². The molecule has 0 saturated heterocycles. The monoisotopic (exact) mass is 309 g/mol. The normalized spacial score (nSPS) is 12.2. The summed E-state index contributed by atoms with van der Waals surface area (Å²) in [4.78, 5) is 1.11. The van der Waals surface area contributed by atoms with E-state index in [9.17, 15) is 8.78 Å². The topological polar surface area (TPSA) is 21.3 Å². The number of para-hydroxylation sites is 2. The molecule has 2 nitrogen and oxygen atoms in total. The molecule has 0 radical (unpaired) electrons. The Bertz CT molecular complexity index is 592. The van der Waals surface area contributed by atoms with Crippen LogP contribution < -0.4 is 10.1 Å². The molecular formula is C16H17F2NOS. The second-order valence-corrected chi connectivity index (χ2v) is 5.33. The molecule has 2 aromatic carbocycles. The van der Waals surface area contributed by atoms with Crippen LogP contribution in [-0.2, 0) is 0 Å². The van der Waals surface area contributed by atoms with Crippen molar-refractivity contribution >= 4 is 17.4 Å². The van der Waals surface area contributed by atoms with Crippen molar-refractivity contribution in [3.63, 3.8) is 0 Å². The summed E-state index contributed by atoms with van der Waals surface area (Å²) in [5.74, 6) is 0.203. The zero-order chi connectivity index (χ0) is 15.2. The van der Waals surface area contributed by atoms with Gasteiger partial charge in [0.1, 0.15) is 5.75 Å². The van der Waals surface area contributed by atoms with Gasteiger partial charge in [0.25, 0.3) is 0 Å². The number of ether oxygens (including phenoxy) is 1. The maximum Gasteiger partial charge on any atom is 0.387 e. The van der Waals surface area contributed by atoms with Gasteiger partial charge in [-0.1, -0.05) is 30.3 Å². The van der Waals surface area contributed by atoms with E-state index in [1.807, 2.05) is 43.5 Å². The summed E-state index contributed by atoms with van der Waals surface area (Å²) in [6.45, 7) is -0.901. The zero-order valence-corrected chi connectivity index (χ0v) is 12.7. The Morgan fingerprint density at radius 1 is 1.05 bits per heavy atom. The van der Waals surface area contributed by atoms with Gasteiger partial charge in [-0.2, -0.15) is 8.78 Å². The van der Waals surface area contributed by atoms with E-state index >= 15 is 0 Å². The number of hydrogen-bond acceptors (Lipinski definition) is 3. The van der Waals surface area contributed by atoms with Crippen LogP contribution in [0.5, 0.6) is 5.75 Å². The van der Waals surface area contributed by atoms with E-state index in [-0.39, 0.29) is 11.8 Å². The lowest BCUT2D eigenvalue weighted by molar-refractivity contribution is -0.0505. The van der Waals surface area contributed by atoms with Gasteiger partial charge in [0.15, 0.2) is 0 Å². The summed E-state index contributed by atoms with van der Waals surface area (Å²) in [5, 5.41) is 3.35. The number of nitrogens with one attached hydrogen (secondary N) is 1. The number of benzene rings is 2. The van der Waals surface area contributed by atoms with Gasteiger partial charge < -0.3 is 10.1 Å². The third-order valence-electron chi connectivity index (χ3n) is 3.08. The Hall–Kier alpha value is -1.75. The fraction of sp³-hybridized carbons (Fsp3) is 0.250. The molecule has 0 spiro atoms. The molecule has 0 heterocycles. The second-order valence-electron chi connectivity index (χ2n) is 4.48. The first-order chi connectivity index (χ1) is 10.1. The highest BCUT2D eigenvalue weighted by atomic mass is 32.2. The highest BCUT2D eigenvalue weighted by Crippen LogP contribution is 2.32. The maximum absolute atomic E-state index is 12.5. The van der Waals surface area contributed by atoms with Gasteiger partial charge in [-0.05, 0) is 31.4 Å². The Labute approximate surface area is 127 Å². The summed E-state index contributed by atoms with van der Waals surface area (Å²) < 4.78 is 29.5. The van der Waals surface area contributed by atoms with Gasteiger partial charge in [0, 0.05) is 16.1 Å². The van der Waals surface area contributed by atoms with E-state index in [1.165, 1.54) is 0 Å². The lowest BCUT2D eigenvalue weighted by Crippen LogP contribution is -2.11. The van der Waals surface area contributed by atoms with E-state index in [2.05, 4.69) is 10.1 Å². The minimum absolute atomic E-state index is 0.145. The number of anilines is 1. The molecule has 1 atom stereocenters. The smallest absolute Gasteiger partial charge is 0.387 e. The fourth-order valence-electron chi connectivity index (χ4n) is 2.12. The van der Waals surface area contributed by atoms with Gasteiger partial charge in [-0.15, -0.1) is 11.8 Å². The summed E-state index contributed by atoms with van der Waals surface area (Å²) in [5.41, 5.74) is 1.68. The number of thioether (sulfide) groups is 1. The number of rotatable bonds is 6. The average molecular weight is 309 g/mol. The van der Waals surface area contributed by atoms with Crippen LogP contribution in [0.3, 0.4) is 0 Å². The van der Waals surface area contributed by atoms with Crippen LogP contribution in [0.2, 0.25) is 0 Å². The lowest BCUT2D eigenvalue weighted by atomic mass is 10.1. The summed E-state index contributed by atoms with van der Waals surface area (Å²) in [6.07, 6.45) is 2.00. The molecule has 0 aromatic heterocycles. The molecule has 0 aliphatic rings. The molecule has 1 unspecified atom stereocenters. The van der Waals surface area contributed by atoms with Gasteiger partial charge >= 0.3 is 6.61 Å². The van der Waals surface area contributed by atoms with Crippen molar-refractivity contribution in [3.8, 4) is 5.75 Å². The molecule has 0 saturated carbocycles. The summed E-state index contributed by atoms with van der Waals surface area (Å²) in [6, 6.07) is 14.6. The quantitative estimate of drug-likeness (QED) is 0.743. The molecule has 0 bridgehead atoms. The van der Waals surface area contributed by atoms with E-state index < -0.39 is 6.61 Å². The molecule has 112 valence electrons. The lowest BCUT2D eigenvalue weighted by Gasteiger charge is -2.20. The van der Waals surface area contributed by atoms with Crippen LogP contribution >= 0.6 is 11.8 Å². The predicted molar refractivity (Wildman–Crippen MR) is 83.3 cm³/mol. The van der Waals surface area contributed by atoms with E-state index in [0.29, 0.717) is 5.56 Å². The number of halogens is 2. The Kier molecular flexibility index (Phi) is 5.44. The molecule has 0 aliphatic carbocycles. The number of alkyl halides is 2. The third kappa shape index (κ3) is 4.11. The van der Waals surface area contributed by atoms with Crippen molar-refractivity contribution < 1.29 is 13.5 Å².